The average molecular weight is 595 g/mol. The van der Waals surface area contributed by atoms with Gasteiger partial charge in [-0.3, -0.25) is 14.5 Å². The Bertz CT molecular complexity index is 1500. The quantitative estimate of drug-likeness (QED) is 0.302. The Kier molecular flexibility index (Phi) is 7.84. The van der Waals surface area contributed by atoms with Gasteiger partial charge in [0.1, 0.15) is 18.1 Å². The van der Waals surface area contributed by atoms with Gasteiger partial charge in [0.15, 0.2) is 0 Å². The molecule has 0 bridgehead atoms. The minimum Gasteiger partial charge on any atom is -0.497 e. The molecule has 2 amide bonds. The molecule has 6 rings (SSSR count). The fourth-order valence-corrected chi connectivity index (χ4v) is 7.26. The summed E-state index contributed by atoms with van der Waals surface area (Å²) in [6, 6.07) is 19.2. The molecule has 11 heteroatoms. The molecule has 0 saturated carbocycles. The largest absolute Gasteiger partial charge is 0.497 e. The molecule has 2 aliphatic heterocycles. The Morgan fingerprint density at radius 3 is 2.52 bits per heavy atom. The minimum atomic E-state index is -0.153. The molecule has 1 saturated heterocycles. The number of fused-ring (bicyclic) bond motifs is 1. The van der Waals surface area contributed by atoms with Crippen molar-refractivity contribution >= 4 is 52.3 Å². The molecule has 2 aromatic heterocycles. The molecule has 0 spiro atoms. The monoisotopic (exact) mass is 594 g/mol. The highest BCUT2D eigenvalue weighted by molar-refractivity contribution is 8.00. The lowest BCUT2D eigenvalue weighted by Gasteiger charge is -2.30. The van der Waals surface area contributed by atoms with Crippen LogP contribution in [0.3, 0.4) is 0 Å². The number of hydrogen-bond acceptors (Lipinski definition) is 7. The lowest BCUT2D eigenvalue weighted by atomic mass is 10.0. The predicted octanol–water partition coefficient (Wildman–Crippen LogP) is 5.29. The molecule has 4 aromatic rings. The Labute approximate surface area is 245 Å². The number of amides is 2. The SMILES string of the molecule is COc1ccc(-n2nc(-c3ccc(Cl)cc3)c3c2N(CC(=O)N2CCOCC2)C(=O)CS[C@@H]3c2cccs2)cc1. The van der Waals surface area contributed by atoms with E-state index in [0.717, 1.165) is 27.4 Å². The lowest BCUT2D eigenvalue weighted by Crippen LogP contribution is -2.48. The van der Waals surface area contributed by atoms with Crippen molar-refractivity contribution in [1.82, 2.24) is 14.7 Å². The third kappa shape index (κ3) is 5.24. The summed E-state index contributed by atoms with van der Waals surface area (Å²) in [7, 11) is 1.62. The zero-order chi connectivity index (χ0) is 27.6. The smallest absolute Gasteiger partial charge is 0.242 e. The number of ether oxygens (including phenoxy) is 2. The van der Waals surface area contributed by atoms with Crippen molar-refractivity contribution in [3.63, 3.8) is 0 Å². The summed E-state index contributed by atoms with van der Waals surface area (Å²) in [6.07, 6.45) is 0. The first-order valence-corrected chi connectivity index (χ1v) is 15.2. The maximum atomic E-state index is 13.8. The zero-order valence-electron chi connectivity index (χ0n) is 21.8. The number of morpholine rings is 1. The number of thioether (sulfide) groups is 1. The number of anilines is 1. The van der Waals surface area contributed by atoms with E-state index >= 15 is 0 Å². The highest BCUT2D eigenvalue weighted by Crippen LogP contribution is 2.49. The van der Waals surface area contributed by atoms with Gasteiger partial charge in [-0.2, -0.15) is 5.10 Å². The number of aromatic nitrogens is 2. The van der Waals surface area contributed by atoms with Gasteiger partial charge in [0.05, 0.1) is 42.7 Å². The Morgan fingerprint density at radius 2 is 1.85 bits per heavy atom. The standard InChI is InChI=1S/C29H27ClN4O4S2/c1-37-22-10-8-21(9-11-22)34-29-26(27(31-34)19-4-6-20(30)7-5-19)28(23-3-2-16-39-23)40-18-25(36)33(29)17-24(35)32-12-14-38-15-13-32/h2-11,16,28H,12-15,17-18H2,1H3/t28-/m1/s1. The molecule has 0 unspecified atom stereocenters. The molecule has 8 nitrogen and oxygen atoms in total. The first-order valence-electron chi connectivity index (χ1n) is 12.9. The van der Waals surface area contributed by atoms with E-state index in [1.165, 1.54) is 0 Å². The highest BCUT2D eigenvalue weighted by atomic mass is 35.5. The van der Waals surface area contributed by atoms with Gasteiger partial charge in [-0.15, -0.1) is 23.1 Å². The van der Waals surface area contributed by atoms with Crippen molar-refractivity contribution in [2.75, 3.05) is 50.6 Å². The number of carbonyl (C=O) groups excluding carboxylic acids is 2. The van der Waals surface area contributed by atoms with E-state index in [2.05, 4.69) is 6.07 Å². The summed E-state index contributed by atoms with van der Waals surface area (Å²) in [6.45, 7) is 1.92. The van der Waals surface area contributed by atoms with E-state index in [-0.39, 0.29) is 29.4 Å². The molecule has 0 N–H and O–H groups in total. The van der Waals surface area contributed by atoms with Crippen LogP contribution in [0.4, 0.5) is 5.82 Å². The fourth-order valence-electron chi connectivity index (χ4n) is 4.96. The number of carbonyl (C=O) groups is 2. The molecular weight excluding hydrogens is 568 g/mol. The molecule has 1 atom stereocenters. The van der Waals surface area contributed by atoms with Gasteiger partial charge in [0, 0.05) is 34.1 Å². The third-order valence-electron chi connectivity index (χ3n) is 6.98. The molecule has 0 radical (unpaired) electrons. The third-order valence-corrected chi connectivity index (χ3v) is 9.56. The first-order chi connectivity index (χ1) is 19.5. The summed E-state index contributed by atoms with van der Waals surface area (Å²) < 4.78 is 12.6. The van der Waals surface area contributed by atoms with Crippen LogP contribution >= 0.6 is 34.7 Å². The summed E-state index contributed by atoms with van der Waals surface area (Å²) in [4.78, 5) is 31.8. The second-order valence-electron chi connectivity index (χ2n) is 9.38. The van der Waals surface area contributed by atoms with E-state index in [9.17, 15) is 9.59 Å². The molecular formula is C29H27ClN4O4S2. The normalized spacial score (nSPS) is 17.4. The number of halogens is 1. The topological polar surface area (TPSA) is 76.9 Å². The molecule has 1 fully saturated rings. The van der Waals surface area contributed by atoms with E-state index in [1.807, 2.05) is 60.0 Å². The van der Waals surface area contributed by atoms with Crippen LogP contribution < -0.4 is 9.64 Å². The highest BCUT2D eigenvalue weighted by Gasteiger charge is 2.38. The van der Waals surface area contributed by atoms with E-state index in [4.69, 9.17) is 26.2 Å². The van der Waals surface area contributed by atoms with Gasteiger partial charge < -0.3 is 14.4 Å². The minimum absolute atomic E-state index is 0.0779. The number of hydrogen-bond donors (Lipinski definition) is 0. The van der Waals surface area contributed by atoms with Crippen LogP contribution in [0, 0.1) is 0 Å². The van der Waals surface area contributed by atoms with E-state index < -0.39 is 0 Å². The number of thiophene rings is 1. The fraction of sp³-hybridized carbons (Fsp3) is 0.276. The molecule has 2 aromatic carbocycles. The van der Waals surface area contributed by atoms with Crippen LogP contribution in [0.15, 0.2) is 66.0 Å². The van der Waals surface area contributed by atoms with E-state index in [1.54, 1.807) is 44.7 Å². The lowest BCUT2D eigenvalue weighted by molar-refractivity contribution is -0.134. The van der Waals surface area contributed by atoms with Gasteiger partial charge in [-0.1, -0.05) is 29.8 Å². The first kappa shape index (κ1) is 26.9. The summed E-state index contributed by atoms with van der Waals surface area (Å²) in [5, 5.41) is 7.62. The van der Waals surface area contributed by atoms with Crippen molar-refractivity contribution in [1.29, 1.82) is 0 Å². The second-order valence-corrected chi connectivity index (χ2v) is 11.9. The van der Waals surface area contributed by atoms with Crippen molar-refractivity contribution in [3.8, 4) is 22.7 Å². The van der Waals surface area contributed by atoms with Crippen LogP contribution in [0.25, 0.3) is 16.9 Å². The van der Waals surface area contributed by atoms with Gasteiger partial charge in [-0.05, 0) is 47.8 Å². The van der Waals surface area contributed by atoms with Crippen molar-refractivity contribution in [2.24, 2.45) is 0 Å². The second kappa shape index (κ2) is 11.7. The molecule has 4 heterocycles. The summed E-state index contributed by atoms with van der Waals surface area (Å²) >= 11 is 9.44. The van der Waals surface area contributed by atoms with Gasteiger partial charge in [0.25, 0.3) is 0 Å². The summed E-state index contributed by atoms with van der Waals surface area (Å²) in [5.41, 5.74) is 3.27. The van der Waals surface area contributed by atoms with Crippen molar-refractivity contribution < 1.29 is 19.1 Å². The van der Waals surface area contributed by atoms with Crippen LogP contribution in [-0.4, -0.2) is 72.2 Å². The Morgan fingerprint density at radius 1 is 1.10 bits per heavy atom. The number of benzene rings is 2. The predicted molar refractivity (Wildman–Crippen MR) is 159 cm³/mol. The Hall–Kier alpha value is -3.31. The van der Waals surface area contributed by atoms with Gasteiger partial charge in [-0.25, -0.2) is 4.68 Å². The maximum absolute atomic E-state index is 13.8. The molecule has 0 aliphatic carbocycles. The van der Waals surface area contributed by atoms with E-state index in [0.29, 0.717) is 42.9 Å². The van der Waals surface area contributed by atoms with Crippen molar-refractivity contribution in [2.45, 2.75) is 5.25 Å². The number of rotatable bonds is 6. The number of methoxy groups -OCH3 is 1. The Balaban J connectivity index is 1.57. The van der Waals surface area contributed by atoms with Gasteiger partial charge in [0.2, 0.25) is 11.8 Å². The van der Waals surface area contributed by atoms with Crippen LogP contribution in [0.1, 0.15) is 15.7 Å². The van der Waals surface area contributed by atoms with Crippen LogP contribution in [-0.2, 0) is 14.3 Å². The van der Waals surface area contributed by atoms with Gasteiger partial charge >= 0.3 is 0 Å². The maximum Gasteiger partial charge on any atom is 0.242 e. The zero-order valence-corrected chi connectivity index (χ0v) is 24.2. The molecule has 206 valence electrons. The van der Waals surface area contributed by atoms with Crippen LogP contribution in [0.2, 0.25) is 5.02 Å². The molecule has 2 aliphatic rings. The average Bonchev–Trinajstić information content (AvgIpc) is 3.63. The summed E-state index contributed by atoms with van der Waals surface area (Å²) in [5.74, 6) is 1.30. The van der Waals surface area contributed by atoms with Crippen LogP contribution in [0.5, 0.6) is 5.75 Å². The van der Waals surface area contributed by atoms with Crippen molar-refractivity contribution in [3.05, 3.63) is 81.5 Å². The number of nitrogens with zero attached hydrogens (tertiary/aromatic N) is 4. The molecule has 40 heavy (non-hydrogen) atoms.